The summed E-state index contributed by atoms with van der Waals surface area (Å²) in [4.78, 5) is 32.9. The van der Waals surface area contributed by atoms with Crippen LogP contribution in [0, 0.1) is 6.92 Å². The zero-order chi connectivity index (χ0) is 25.0. The Bertz CT molecular complexity index is 1500. The average molecular weight is 491 g/mol. The molecule has 2 heterocycles. The largest absolute Gasteiger partial charge is 0.324 e. The van der Waals surface area contributed by atoms with Crippen LogP contribution in [0.2, 0.25) is 0 Å². The van der Waals surface area contributed by atoms with Gasteiger partial charge in [0.2, 0.25) is 11.9 Å². The molecule has 4 aromatic rings. The van der Waals surface area contributed by atoms with Crippen LogP contribution >= 0.6 is 0 Å². The number of carbonyl (C=O) groups excluding carboxylic acids is 1. The Morgan fingerprint density at radius 3 is 2.26 bits per heavy atom. The van der Waals surface area contributed by atoms with Crippen LogP contribution < -0.4 is 15.6 Å². The van der Waals surface area contributed by atoms with Crippen LogP contribution in [-0.4, -0.2) is 34.1 Å². The molecule has 4 rings (SSSR count). The molecule has 0 saturated heterocycles. The second-order valence-electron chi connectivity index (χ2n) is 7.73. The molecule has 11 heteroatoms. The summed E-state index contributed by atoms with van der Waals surface area (Å²) in [5.41, 5.74) is 2.42. The molecule has 2 N–H and O–H groups in total. The lowest BCUT2D eigenvalue weighted by Crippen LogP contribution is -2.33. The van der Waals surface area contributed by atoms with E-state index in [1.165, 1.54) is 42.7 Å². The highest BCUT2D eigenvalue weighted by Crippen LogP contribution is 2.19. The van der Waals surface area contributed by atoms with Crippen molar-refractivity contribution in [1.29, 1.82) is 0 Å². The van der Waals surface area contributed by atoms with Gasteiger partial charge in [-0.3, -0.25) is 9.59 Å². The summed E-state index contributed by atoms with van der Waals surface area (Å²) in [5.74, 6) is -0.531. The molecule has 0 bridgehead atoms. The zero-order valence-corrected chi connectivity index (χ0v) is 19.7. The Morgan fingerprint density at radius 2 is 1.60 bits per heavy atom. The second-order valence-corrected chi connectivity index (χ2v) is 9.42. The van der Waals surface area contributed by atoms with Crippen molar-refractivity contribution in [3.8, 4) is 11.3 Å². The monoisotopic (exact) mass is 490 g/mol. The molecule has 10 nitrogen and oxygen atoms in total. The highest BCUT2D eigenvalue weighted by molar-refractivity contribution is 7.92. The quantitative estimate of drug-likeness (QED) is 0.406. The number of nitrogens with zero attached hydrogens (tertiary/aromatic N) is 4. The molecule has 1 atom stereocenters. The first-order valence-electron chi connectivity index (χ1n) is 10.6. The number of aryl methyl sites for hydroxylation is 1. The van der Waals surface area contributed by atoms with Crippen molar-refractivity contribution in [2.75, 3.05) is 10.0 Å². The standard InChI is InChI=1S/C24H22N6O4S/c1-16-4-6-18(7-5-16)21-12-13-22(31)30(28-21)17(2)23(32)27-19-8-10-20(11-9-19)35(33,34)29-24-25-14-3-15-26-24/h3-15,17H,1-2H3,(H,27,32)(H,25,26,29). The van der Waals surface area contributed by atoms with Gasteiger partial charge in [0, 0.05) is 29.7 Å². The van der Waals surface area contributed by atoms with E-state index in [9.17, 15) is 18.0 Å². The highest BCUT2D eigenvalue weighted by Gasteiger charge is 2.20. The van der Waals surface area contributed by atoms with Gasteiger partial charge in [-0.25, -0.2) is 27.8 Å². The molecule has 1 unspecified atom stereocenters. The zero-order valence-electron chi connectivity index (χ0n) is 18.9. The molecule has 2 aromatic heterocycles. The third kappa shape index (κ3) is 5.58. The van der Waals surface area contributed by atoms with E-state index in [0.29, 0.717) is 11.4 Å². The first-order valence-corrected chi connectivity index (χ1v) is 12.1. The van der Waals surface area contributed by atoms with E-state index in [1.54, 1.807) is 19.1 Å². The topological polar surface area (TPSA) is 136 Å². The van der Waals surface area contributed by atoms with Gasteiger partial charge >= 0.3 is 0 Å². The SMILES string of the molecule is Cc1ccc(-c2ccc(=O)n(C(C)C(=O)Nc3ccc(S(=O)(=O)Nc4ncccn4)cc3)n2)cc1. The molecule has 2 aromatic carbocycles. The smallest absolute Gasteiger partial charge is 0.267 e. The fraction of sp³-hybridized carbons (Fsp3) is 0.125. The van der Waals surface area contributed by atoms with Crippen molar-refractivity contribution in [3.05, 3.63) is 95.0 Å². The molecule has 35 heavy (non-hydrogen) atoms. The van der Waals surface area contributed by atoms with Gasteiger partial charge in [-0.1, -0.05) is 29.8 Å². The minimum Gasteiger partial charge on any atom is -0.324 e. The van der Waals surface area contributed by atoms with Gasteiger partial charge in [0.1, 0.15) is 6.04 Å². The number of rotatable bonds is 7. The highest BCUT2D eigenvalue weighted by atomic mass is 32.2. The van der Waals surface area contributed by atoms with Crippen LogP contribution in [0.15, 0.2) is 88.8 Å². The van der Waals surface area contributed by atoms with E-state index in [0.717, 1.165) is 15.8 Å². The van der Waals surface area contributed by atoms with Crippen molar-refractivity contribution in [1.82, 2.24) is 19.7 Å². The Balaban J connectivity index is 1.48. The van der Waals surface area contributed by atoms with E-state index in [2.05, 4.69) is 25.1 Å². The maximum Gasteiger partial charge on any atom is 0.267 e. The molecule has 0 fully saturated rings. The first kappa shape index (κ1) is 23.8. The molecular formula is C24H22N6O4S. The summed E-state index contributed by atoms with van der Waals surface area (Å²) in [5, 5.41) is 7.05. The Kier molecular flexibility index (Phi) is 6.69. The predicted molar refractivity (Wildman–Crippen MR) is 131 cm³/mol. The number of anilines is 2. The summed E-state index contributed by atoms with van der Waals surface area (Å²) in [6, 6.07) is 16.9. The Labute approximate surface area is 201 Å². The average Bonchev–Trinajstić information content (AvgIpc) is 2.85. The molecule has 0 aliphatic carbocycles. The van der Waals surface area contributed by atoms with Crippen molar-refractivity contribution < 1.29 is 13.2 Å². The van der Waals surface area contributed by atoms with Crippen LogP contribution in [-0.2, 0) is 14.8 Å². The van der Waals surface area contributed by atoms with E-state index in [-0.39, 0.29) is 10.8 Å². The molecule has 178 valence electrons. The normalized spacial score (nSPS) is 12.1. The fourth-order valence-electron chi connectivity index (χ4n) is 3.19. The number of carbonyl (C=O) groups is 1. The Hall–Kier alpha value is -4.38. The van der Waals surface area contributed by atoms with Crippen molar-refractivity contribution in [2.24, 2.45) is 0 Å². The van der Waals surface area contributed by atoms with E-state index >= 15 is 0 Å². The van der Waals surface area contributed by atoms with Crippen molar-refractivity contribution in [2.45, 2.75) is 24.8 Å². The van der Waals surface area contributed by atoms with Gasteiger partial charge in [-0.05, 0) is 50.2 Å². The Morgan fingerprint density at radius 1 is 0.943 bits per heavy atom. The maximum absolute atomic E-state index is 12.8. The van der Waals surface area contributed by atoms with E-state index < -0.39 is 27.5 Å². The predicted octanol–water partition coefficient (Wildman–Crippen LogP) is 3.01. The lowest BCUT2D eigenvalue weighted by atomic mass is 10.1. The fourth-order valence-corrected chi connectivity index (χ4v) is 4.15. The van der Waals surface area contributed by atoms with Gasteiger partial charge < -0.3 is 5.32 Å². The van der Waals surface area contributed by atoms with Crippen molar-refractivity contribution >= 4 is 27.6 Å². The van der Waals surface area contributed by atoms with E-state index in [1.807, 2.05) is 31.2 Å². The minimum atomic E-state index is -3.90. The lowest BCUT2D eigenvalue weighted by molar-refractivity contribution is -0.119. The number of hydrogen-bond donors (Lipinski definition) is 2. The number of amides is 1. The number of aromatic nitrogens is 4. The van der Waals surface area contributed by atoms with E-state index in [4.69, 9.17) is 0 Å². The van der Waals surface area contributed by atoms with Crippen LogP contribution in [0.5, 0.6) is 0 Å². The van der Waals surface area contributed by atoms with Crippen LogP contribution in [0.1, 0.15) is 18.5 Å². The molecule has 0 spiro atoms. The molecule has 0 saturated carbocycles. The number of hydrogen-bond acceptors (Lipinski definition) is 7. The third-order valence-corrected chi connectivity index (χ3v) is 6.49. The molecule has 1 amide bonds. The van der Waals surface area contributed by atoms with Gasteiger partial charge in [0.05, 0.1) is 10.6 Å². The van der Waals surface area contributed by atoms with Crippen LogP contribution in [0.3, 0.4) is 0 Å². The number of nitrogens with one attached hydrogen (secondary N) is 2. The summed E-state index contributed by atoms with van der Waals surface area (Å²) in [7, 11) is -3.90. The number of benzene rings is 2. The number of sulfonamides is 1. The third-order valence-electron chi connectivity index (χ3n) is 5.14. The summed E-state index contributed by atoms with van der Waals surface area (Å²) < 4.78 is 28.4. The lowest BCUT2D eigenvalue weighted by Gasteiger charge is -2.15. The van der Waals surface area contributed by atoms with Gasteiger partial charge in [0.15, 0.2) is 0 Å². The maximum atomic E-state index is 12.8. The van der Waals surface area contributed by atoms with Crippen LogP contribution in [0.4, 0.5) is 11.6 Å². The van der Waals surface area contributed by atoms with Gasteiger partial charge in [-0.15, -0.1) is 0 Å². The van der Waals surface area contributed by atoms with Gasteiger partial charge in [-0.2, -0.15) is 5.10 Å². The van der Waals surface area contributed by atoms with Gasteiger partial charge in [0.25, 0.3) is 15.6 Å². The molecule has 0 aliphatic heterocycles. The second kappa shape index (κ2) is 9.85. The summed E-state index contributed by atoms with van der Waals surface area (Å²) in [6.07, 6.45) is 2.84. The molecule has 0 radical (unpaired) electrons. The molecular weight excluding hydrogens is 468 g/mol. The summed E-state index contributed by atoms with van der Waals surface area (Å²) >= 11 is 0. The molecule has 0 aliphatic rings. The van der Waals surface area contributed by atoms with Crippen LogP contribution in [0.25, 0.3) is 11.3 Å². The summed E-state index contributed by atoms with van der Waals surface area (Å²) in [6.45, 7) is 3.53. The van der Waals surface area contributed by atoms with Crippen molar-refractivity contribution in [3.63, 3.8) is 0 Å². The first-order chi connectivity index (χ1) is 16.7. The minimum absolute atomic E-state index is 0.0281.